The van der Waals surface area contributed by atoms with Crippen molar-refractivity contribution >= 4 is 32.4 Å². The maximum absolute atomic E-state index is 13.5. The van der Waals surface area contributed by atoms with E-state index in [-0.39, 0.29) is 5.82 Å². The van der Waals surface area contributed by atoms with Gasteiger partial charge in [-0.05, 0) is 39.0 Å². The van der Waals surface area contributed by atoms with Crippen LogP contribution in [0.5, 0.6) is 0 Å². The molecule has 1 nitrogen and oxygen atoms in total. The molecule has 0 fully saturated rings. The molecule has 3 aromatic carbocycles. The Morgan fingerprint density at radius 2 is 1.65 bits per heavy atom. The highest BCUT2D eigenvalue weighted by Gasteiger charge is 2.05. The van der Waals surface area contributed by atoms with Crippen molar-refractivity contribution in [3.05, 3.63) is 76.5 Å². The molecule has 0 aromatic heterocycles. The highest BCUT2D eigenvalue weighted by atomic mass is 79.9. The number of rotatable bonds is 3. The molecule has 100 valence electrons. The van der Waals surface area contributed by atoms with Gasteiger partial charge in [0.2, 0.25) is 0 Å². The first-order chi connectivity index (χ1) is 9.75. The maximum Gasteiger partial charge on any atom is 0.137 e. The first kappa shape index (κ1) is 13.1. The second-order valence-corrected chi connectivity index (χ2v) is 5.39. The average molecular weight is 330 g/mol. The summed E-state index contributed by atoms with van der Waals surface area (Å²) in [6, 6.07) is 19.4. The van der Waals surface area contributed by atoms with Crippen molar-refractivity contribution in [1.82, 2.24) is 0 Å². The molecule has 0 saturated carbocycles. The molecule has 0 saturated heterocycles. The third kappa shape index (κ3) is 2.54. The van der Waals surface area contributed by atoms with E-state index in [4.69, 9.17) is 0 Å². The van der Waals surface area contributed by atoms with Crippen LogP contribution in [0.2, 0.25) is 0 Å². The first-order valence-corrected chi connectivity index (χ1v) is 7.19. The number of hydrogen-bond acceptors (Lipinski definition) is 1. The Morgan fingerprint density at radius 3 is 2.55 bits per heavy atom. The molecule has 1 N–H and O–H groups in total. The third-order valence-electron chi connectivity index (χ3n) is 3.29. The van der Waals surface area contributed by atoms with Crippen molar-refractivity contribution in [1.29, 1.82) is 0 Å². The van der Waals surface area contributed by atoms with Gasteiger partial charge in [-0.1, -0.05) is 48.5 Å². The van der Waals surface area contributed by atoms with E-state index in [1.54, 1.807) is 6.07 Å². The fourth-order valence-electron chi connectivity index (χ4n) is 2.25. The Kier molecular flexibility index (Phi) is 3.70. The molecule has 0 bridgehead atoms. The summed E-state index contributed by atoms with van der Waals surface area (Å²) in [7, 11) is 0. The molecule has 0 aliphatic heterocycles. The van der Waals surface area contributed by atoms with Gasteiger partial charge in [0.1, 0.15) is 5.82 Å². The summed E-state index contributed by atoms with van der Waals surface area (Å²) >= 11 is 3.29. The summed E-state index contributed by atoms with van der Waals surface area (Å²) in [5.74, 6) is -0.234. The fraction of sp³-hybridized carbons (Fsp3) is 0.0588. The number of anilines is 1. The normalized spacial score (nSPS) is 10.7. The molecule has 0 heterocycles. The van der Waals surface area contributed by atoms with Gasteiger partial charge in [0, 0.05) is 17.6 Å². The van der Waals surface area contributed by atoms with Crippen LogP contribution in [-0.4, -0.2) is 0 Å². The van der Waals surface area contributed by atoms with Gasteiger partial charge in [0.15, 0.2) is 0 Å². The quantitative estimate of drug-likeness (QED) is 0.682. The summed E-state index contributed by atoms with van der Waals surface area (Å²) in [5, 5.41) is 5.73. The van der Waals surface area contributed by atoms with Gasteiger partial charge in [-0.25, -0.2) is 4.39 Å². The van der Waals surface area contributed by atoms with Gasteiger partial charge in [0.25, 0.3) is 0 Å². The second-order valence-electron chi connectivity index (χ2n) is 4.59. The van der Waals surface area contributed by atoms with Crippen molar-refractivity contribution in [2.24, 2.45) is 0 Å². The number of nitrogens with one attached hydrogen (secondary N) is 1. The Morgan fingerprint density at radius 1 is 0.900 bits per heavy atom. The zero-order chi connectivity index (χ0) is 13.9. The molecule has 0 atom stereocenters. The lowest BCUT2D eigenvalue weighted by Crippen LogP contribution is -2.01. The van der Waals surface area contributed by atoms with E-state index >= 15 is 0 Å². The van der Waals surface area contributed by atoms with Gasteiger partial charge >= 0.3 is 0 Å². The first-order valence-electron chi connectivity index (χ1n) is 6.40. The van der Waals surface area contributed by atoms with Crippen molar-refractivity contribution in [2.75, 3.05) is 5.32 Å². The Balaban J connectivity index is 1.89. The molecule has 3 heteroatoms. The summed E-state index contributed by atoms with van der Waals surface area (Å²) in [5.41, 5.74) is 1.96. The summed E-state index contributed by atoms with van der Waals surface area (Å²) in [6.45, 7) is 0.576. The van der Waals surface area contributed by atoms with Crippen LogP contribution in [0.15, 0.2) is 65.1 Å². The maximum atomic E-state index is 13.5. The molecular formula is C17H13BrFN. The molecule has 3 aromatic rings. The standard InChI is InChI=1S/C17H13BrFN/c18-17-13(7-3-9-15(17)19)11-20-16-10-4-6-12-5-1-2-8-14(12)16/h1-10,20H,11H2. The monoisotopic (exact) mass is 329 g/mol. The fourth-order valence-corrected chi connectivity index (χ4v) is 2.66. The van der Waals surface area contributed by atoms with E-state index in [0.29, 0.717) is 11.0 Å². The minimum atomic E-state index is -0.234. The molecule has 0 spiro atoms. The minimum absolute atomic E-state index is 0.234. The molecular weight excluding hydrogens is 317 g/mol. The minimum Gasteiger partial charge on any atom is -0.380 e. The van der Waals surface area contributed by atoms with E-state index in [1.807, 2.05) is 30.3 Å². The summed E-state index contributed by atoms with van der Waals surface area (Å²) in [6.07, 6.45) is 0. The van der Waals surface area contributed by atoms with Crippen molar-refractivity contribution in [2.45, 2.75) is 6.54 Å². The molecule has 0 aliphatic carbocycles. The lowest BCUT2D eigenvalue weighted by Gasteiger charge is -2.11. The third-order valence-corrected chi connectivity index (χ3v) is 4.18. The van der Waals surface area contributed by atoms with E-state index in [0.717, 1.165) is 11.3 Å². The van der Waals surface area contributed by atoms with Crippen LogP contribution in [-0.2, 0) is 6.54 Å². The van der Waals surface area contributed by atoms with Crippen LogP contribution in [0.4, 0.5) is 10.1 Å². The highest BCUT2D eigenvalue weighted by Crippen LogP contribution is 2.25. The predicted molar refractivity (Wildman–Crippen MR) is 85.4 cm³/mol. The Bertz CT molecular complexity index is 750. The van der Waals surface area contributed by atoms with E-state index in [2.05, 4.69) is 39.4 Å². The second kappa shape index (κ2) is 5.63. The van der Waals surface area contributed by atoms with Crippen LogP contribution in [0.25, 0.3) is 10.8 Å². The molecule has 0 aliphatic rings. The molecule has 20 heavy (non-hydrogen) atoms. The lowest BCUT2D eigenvalue weighted by molar-refractivity contribution is 0.618. The number of benzene rings is 3. The Hall–Kier alpha value is -1.87. The van der Waals surface area contributed by atoms with Crippen LogP contribution >= 0.6 is 15.9 Å². The highest BCUT2D eigenvalue weighted by molar-refractivity contribution is 9.10. The van der Waals surface area contributed by atoms with Crippen molar-refractivity contribution < 1.29 is 4.39 Å². The number of hydrogen-bond donors (Lipinski definition) is 1. The summed E-state index contributed by atoms with van der Waals surface area (Å²) < 4.78 is 14.0. The van der Waals surface area contributed by atoms with Crippen LogP contribution in [0, 0.1) is 5.82 Å². The van der Waals surface area contributed by atoms with Crippen LogP contribution < -0.4 is 5.32 Å². The van der Waals surface area contributed by atoms with E-state index < -0.39 is 0 Å². The molecule has 3 rings (SSSR count). The van der Waals surface area contributed by atoms with E-state index in [1.165, 1.54) is 16.8 Å². The summed E-state index contributed by atoms with van der Waals surface area (Å²) in [4.78, 5) is 0. The topological polar surface area (TPSA) is 12.0 Å². The van der Waals surface area contributed by atoms with Crippen LogP contribution in [0.3, 0.4) is 0 Å². The lowest BCUT2D eigenvalue weighted by atomic mass is 10.1. The van der Waals surface area contributed by atoms with Crippen molar-refractivity contribution in [3.63, 3.8) is 0 Å². The predicted octanol–water partition coefficient (Wildman–Crippen LogP) is 5.35. The van der Waals surface area contributed by atoms with E-state index in [9.17, 15) is 4.39 Å². The molecule has 0 amide bonds. The average Bonchev–Trinajstić information content (AvgIpc) is 2.49. The zero-order valence-electron chi connectivity index (χ0n) is 10.7. The van der Waals surface area contributed by atoms with Crippen LogP contribution in [0.1, 0.15) is 5.56 Å². The molecule has 0 radical (unpaired) electrons. The Labute approximate surface area is 125 Å². The zero-order valence-corrected chi connectivity index (χ0v) is 12.3. The SMILES string of the molecule is Fc1cccc(CNc2cccc3ccccc23)c1Br. The number of halogens is 2. The van der Waals surface area contributed by atoms with Gasteiger partial charge < -0.3 is 5.32 Å². The van der Waals surface area contributed by atoms with Gasteiger partial charge in [-0.2, -0.15) is 0 Å². The van der Waals surface area contributed by atoms with Gasteiger partial charge in [-0.15, -0.1) is 0 Å². The van der Waals surface area contributed by atoms with Gasteiger partial charge in [-0.3, -0.25) is 0 Å². The number of fused-ring (bicyclic) bond motifs is 1. The smallest absolute Gasteiger partial charge is 0.137 e. The largest absolute Gasteiger partial charge is 0.380 e. The van der Waals surface area contributed by atoms with Crippen molar-refractivity contribution in [3.8, 4) is 0 Å². The molecule has 0 unspecified atom stereocenters. The van der Waals surface area contributed by atoms with Gasteiger partial charge in [0.05, 0.1) is 4.47 Å².